The van der Waals surface area contributed by atoms with Crippen LogP contribution in [0.5, 0.6) is 5.75 Å². The maximum absolute atomic E-state index is 12.9. The molecule has 8 heteroatoms. The lowest BCUT2D eigenvalue weighted by Gasteiger charge is -2.34. The molecule has 0 bridgehead atoms. The van der Waals surface area contributed by atoms with Gasteiger partial charge in [-0.05, 0) is 47.3 Å². The third-order valence-electron chi connectivity index (χ3n) is 5.12. The van der Waals surface area contributed by atoms with Gasteiger partial charge >= 0.3 is 0 Å². The number of halogens is 3. The first kappa shape index (κ1) is 22.4. The Labute approximate surface area is 200 Å². The number of rotatable bonds is 6. The maximum atomic E-state index is 12.9. The van der Waals surface area contributed by atoms with Crippen molar-refractivity contribution in [3.63, 3.8) is 0 Å². The van der Waals surface area contributed by atoms with E-state index in [1.165, 1.54) is 11.3 Å². The molecule has 4 nitrogen and oxygen atoms in total. The van der Waals surface area contributed by atoms with E-state index < -0.39 is 0 Å². The van der Waals surface area contributed by atoms with Gasteiger partial charge in [0.05, 0.1) is 14.9 Å². The molecule has 2 heterocycles. The smallest absolute Gasteiger partial charge is 0.264 e. The molecule has 1 amide bonds. The molecule has 0 unspecified atom stereocenters. The number of ether oxygens (including phenoxy) is 1. The van der Waals surface area contributed by atoms with Crippen molar-refractivity contribution in [2.75, 3.05) is 26.2 Å². The Hall–Kier alpha value is -1.76. The molecule has 0 aliphatic carbocycles. The second kappa shape index (κ2) is 10.2. The lowest BCUT2D eigenvalue weighted by atomic mass is 10.2. The van der Waals surface area contributed by atoms with Gasteiger partial charge in [-0.1, -0.05) is 46.9 Å². The largest absolute Gasteiger partial charge is 0.489 e. The Morgan fingerprint density at radius 2 is 1.74 bits per heavy atom. The van der Waals surface area contributed by atoms with Gasteiger partial charge in [0, 0.05) is 43.3 Å². The van der Waals surface area contributed by atoms with E-state index in [2.05, 4.69) is 4.90 Å². The number of thiophene rings is 1. The lowest BCUT2D eigenvalue weighted by molar-refractivity contribution is 0.0633. The molecule has 4 rings (SSSR count). The predicted molar refractivity (Wildman–Crippen MR) is 128 cm³/mol. The van der Waals surface area contributed by atoms with Crippen molar-refractivity contribution in [2.24, 2.45) is 0 Å². The van der Waals surface area contributed by atoms with E-state index in [-0.39, 0.29) is 5.91 Å². The summed E-state index contributed by atoms with van der Waals surface area (Å²) in [6.07, 6.45) is 0. The molecule has 2 aromatic carbocycles. The number of nitrogens with zero attached hydrogens (tertiary/aromatic N) is 2. The van der Waals surface area contributed by atoms with Crippen molar-refractivity contribution >= 4 is 52.0 Å². The Bertz CT molecular complexity index is 1060. The summed E-state index contributed by atoms with van der Waals surface area (Å²) in [4.78, 5) is 17.9. The van der Waals surface area contributed by atoms with Crippen LogP contribution < -0.4 is 4.74 Å². The van der Waals surface area contributed by atoms with Gasteiger partial charge in [-0.25, -0.2) is 0 Å². The molecule has 1 saturated heterocycles. The molecule has 162 valence electrons. The van der Waals surface area contributed by atoms with Crippen LogP contribution in [0.3, 0.4) is 0 Å². The van der Waals surface area contributed by atoms with E-state index in [1.54, 1.807) is 12.1 Å². The zero-order valence-electron chi connectivity index (χ0n) is 16.7. The first-order valence-corrected chi connectivity index (χ1v) is 11.9. The fourth-order valence-electron chi connectivity index (χ4n) is 3.45. The third kappa shape index (κ3) is 5.93. The first-order chi connectivity index (χ1) is 15.0. The second-order valence-corrected chi connectivity index (χ2v) is 9.54. The van der Waals surface area contributed by atoms with Crippen molar-refractivity contribution < 1.29 is 9.53 Å². The van der Waals surface area contributed by atoms with E-state index in [9.17, 15) is 4.79 Å². The Morgan fingerprint density at radius 1 is 0.935 bits per heavy atom. The van der Waals surface area contributed by atoms with Crippen molar-refractivity contribution in [2.45, 2.75) is 13.2 Å². The number of carbonyl (C=O) groups excluding carboxylic acids is 1. The van der Waals surface area contributed by atoms with Crippen LogP contribution in [-0.2, 0) is 13.2 Å². The fourth-order valence-corrected chi connectivity index (χ4v) is 4.81. The zero-order chi connectivity index (χ0) is 21.8. The molecule has 0 N–H and O–H groups in total. The van der Waals surface area contributed by atoms with E-state index in [4.69, 9.17) is 39.5 Å². The molecule has 0 radical (unpaired) electrons. The van der Waals surface area contributed by atoms with Crippen molar-refractivity contribution in [3.8, 4) is 5.75 Å². The molecule has 1 aliphatic heterocycles. The topological polar surface area (TPSA) is 32.8 Å². The third-order valence-corrected chi connectivity index (χ3v) is 7.06. The minimum absolute atomic E-state index is 0.0770. The normalized spacial score (nSPS) is 14.6. The van der Waals surface area contributed by atoms with Gasteiger partial charge < -0.3 is 9.64 Å². The highest BCUT2D eigenvalue weighted by Gasteiger charge is 2.23. The van der Waals surface area contributed by atoms with Gasteiger partial charge in [0.2, 0.25) is 0 Å². The van der Waals surface area contributed by atoms with Gasteiger partial charge in [0.1, 0.15) is 12.4 Å². The standard InChI is InChI=1S/C23H21Cl3N2O2S/c24-18-2-1-3-19(12-18)30-14-17-11-22(31-15-17)23(29)28-8-6-27(7-9-28)13-16-4-5-20(25)21(26)10-16/h1-5,10-12,15H,6-9,13-14H2. The number of piperazine rings is 1. The average Bonchev–Trinajstić information content (AvgIpc) is 3.24. The van der Waals surface area contributed by atoms with Crippen LogP contribution in [0, 0.1) is 0 Å². The highest BCUT2D eigenvalue weighted by molar-refractivity contribution is 7.12. The Kier molecular flexibility index (Phi) is 7.41. The minimum atomic E-state index is 0.0770. The first-order valence-electron chi connectivity index (χ1n) is 9.89. The summed E-state index contributed by atoms with van der Waals surface area (Å²) in [5.74, 6) is 0.790. The molecule has 31 heavy (non-hydrogen) atoms. The highest BCUT2D eigenvalue weighted by Crippen LogP contribution is 2.24. The van der Waals surface area contributed by atoms with E-state index in [0.717, 1.165) is 35.6 Å². The van der Waals surface area contributed by atoms with Gasteiger partial charge in [0.15, 0.2) is 0 Å². The fraction of sp³-hybridized carbons (Fsp3) is 0.261. The molecular formula is C23H21Cl3N2O2S. The molecule has 3 aromatic rings. The van der Waals surface area contributed by atoms with Crippen molar-refractivity contribution in [3.05, 3.63) is 85.0 Å². The minimum Gasteiger partial charge on any atom is -0.489 e. The van der Waals surface area contributed by atoms with Crippen LogP contribution in [0.15, 0.2) is 53.9 Å². The van der Waals surface area contributed by atoms with Crippen LogP contribution in [0.1, 0.15) is 20.8 Å². The molecular weight excluding hydrogens is 475 g/mol. The Balaban J connectivity index is 1.28. The summed E-state index contributed by atoms with van der Waals surface area (Å²) >= 11 is 19.5. The number of benzene rings is 2. The SMILES string of the molecule is O=C(c1cc(COc2cccc(Cl)c2)cs1)N1CCN(Cc2ccc(Cl)c(Cl)c2)CC1. The molecule has 1 fully saturated rings. The molecule has 0 atom stereocenters. The number of hydrogen-bond acceptors (Lipinski definition) is 4. The van der Waals surface area contributed by atoms with Gasteiger partial charge in [-0.15, -0.1) is 11.3 Å². The van der Waals surface area contributed by atoms with Crippen LogP contribution in [0.2, 0.25) is 15.1 Å². The summed E-state index contributed by atoms with van der Waals surface area (Å²) in [5.41, 5.74) is 2.10. The van der Waals surface area contributed by atoms with E-state index >= 15 is 0 Å². The quantitative estimate of drug-likeness (QED) is 0.405. The summed E-state index contributed by atoms with van der Waals surface area (Å²) in [7, 11) is 0. The maximum Gasteiger partial charge on any atom is 0.264 e. The summed E-state index contributed by atoms with van der Waals surface area (Å²) in [6.45, 7) is 4.24. The van der Waals surface area contributed by atoms with Gasteiger partial charge in [-0.2, -0.15) is 0 Å². The van der Waals surface area contributed by atoms with Gasteiger partial charge in [-0.3, -0.25) is 9.69 Å². The van der Waals surface area contributed by atoms with Crippen LogP contribution in [0.25, 0.3) is 0 Å². The molecule has 1 aromatic heterocycles. The highest BCUT2D eigenvalue weighted by atomic mass is 35.5. The summed E-state index contributed by atoms with van der Waals surface area (Å²) in [6, 6.07) is 14.9. The number of amides is 1. The molecule has 0 saturated carbocycles. The van der Waals surface area contributed by atoms with E-state index in [0.29, 0.717) is 40.5 Å². The van der Waals surface area contributed by atoms with Gasteiger partial charge in [0.25, 0.3) is 5.91 Å². The average molecular weight is 496 g/mol. The number of carbonyl (C=O) groups is 1. The van der Waals surface area contributed by atoms with Crippen LogP contribution in [0.4, 0.5) is 0 Å². The lowest BCUT2D eigenvalue weighted by Crippen LogP contribution is -2.48. The number of hydrogen-bond donors (Lipinski definition) is 0. The summed E-state index contributed by atoms with van der Waals surface area (Å²) < 4.78 is 5.77. The second-order valence-electron chi connectivity index (χ2n) is 7.38. The molecule has 1 aliphatic rings. The zero-order valence-corrected chi connectivity index (χ0v) is 19.8. The monoisotopic (exact) mass is 494 g/mol. The van der Waals surface area contributed by atoms with Crippen LogP contribution >= 0.6 is 46.1 Å². The molecule has 0 spiro atoms. The predicted octanol–water partition coefficient (Wildman–Crippen LogP) is 6.25. The van der Waals surface area contributed by atoms with Crippen LogP contribution in [-0.4, -0.2) is 41.9 Å². The summed E-state index contributed by atoms with van der Waals surface area (Å²) in [5, 5.41) is 3.74. The van der Waals surface area contributed by atoms with Crippen molar-refractivity contribution in [1.82, 2.24) is 9.80 Å². The van der Waals surface area contributed by atoms with Crippen molar-refractivity contribution in [1.29, 1.82) is 0 Å². The Morgan fingerprint density at radius 3 is 2.48 bits per heavy atom. The van der Waals surface area contributed by atoms with E-state index in [1.807, 2.05) is 46.7 Å².